The van der Waals surface area contributed by atoms with E-state index < -0.39 is 22.2 Å². The number of likely N-dealkylation sites (N-methyl/N-ethyl adjacent to an activating group) is 1. The van der Waals surface area contributed by atoms with E-state index in [0.717, 1.165) is 12.6 Å². The van der Waals surface area contributed by atoms with Crippen LogP contribution in [0.2, 0.25) is 0 Å². The number of nitro benzene ring substituents is 1. The van der Waals surface area contributed by atoms with E-state index in [4.69, 9.17) is 0 Å². The van der Waals surface area contributed by atoms with E-state index in [9.17, 15) is 18.9 Å². The molecule has 0 aliphatic heterocycles. The Balaban J connectivity index is 2.85. The van der Waals surface area contributed by atoms with Crippen LogP contribution in [0.1, 0.15) is 6.92 Å². The fourth-order valence-corrected chi connectivity index (χ4v) is 1.35. The summed E-state index contributed by atoms with van der Waals surface area (Å²) in [7, 11) is 0. The molecule has 0 fully saturated rings. The highest BCUT2D eigenvalue weighted by Gasteiger charge is 2.21. The minimum Gasteiger partial charge on any atom is -0.378 e. The number of rotatable bonds is 6. The smallest absolute Gasteiger partial charge is 0.327 e. The fourth-order valence-electron chi connectivity index (χ4n) is 1.35. The fraction of sp³-hybridized carbons (Fsp3) is 0.400. The molecular formula is C10H13F2N3O2. The van der Waals surface area contributed by atoms with Crippen molar-refractivity contribution in [2.24, 2.45) is 0 Å². The maximum atomic E-state index is 13.2. The first-order valence-electron chi connectivity index (χ1n) is 5.14. The van der Waals surface area contributed by atoms with Gasteiger partial charge < -0.3 is 10.6 Å². The van der Waals surface area contributed by atoms with Crippen molar-refractivity contribution < 1.29 is 13.7 Å². The van der Waals surface area contributed by atoms with E-state index in [1.54, 1.807) is 0 Å². The predicted octanol–water partition coefficient (Wildman–Crippen LogP) is 1.89. The summed E-state index contributed by atoms with van der Waals surface area (Å²) >= 11 is 0. The third kappa shape index (κ3) is 3.63. The third-order valence-electron chi connectivity index (χ3n) is 2.08. The molecule has 0 bridgehead atoms. The lowest BCUT2D eigenvalue weighted by atomic mass is 10.2. The normalized spacial score (nSPS) is 10.3. The maximum Gasteiger partial charge on any atom is 0.327 e. The Morgan fingerprint density at radius 2 is 2.06 bits per heavy atom. The van der Waals surface area contributed by atoms with Crippen molar-refractivity contribution in [3.63, 3.8) is 0 Å². The van der Waals surface area contributed by atoms with Gasteiger partial charge in [0.05, 0.1) is 4.92 Å². The molecule has 94 valence electrons. The quantitative estimate of drug-likeness (QED) is 0.456. The van der Waals surface area contributed by atoms with E-state index in [1.165, 1.54) is 0 Å². The standard InChI is InChI=1S/C10H13F2N3O2/c1-2-13-3-4-14-9-6-7(11)5-8(12)10(9)15(16)17/h5-6,13-14H,2-4H2,1H3. The molecule has 0 saturated carbocycles. The Hall–Kier alpha value is -1.76. The molecule has 0 radical (unpaired) electrons. The second-order valence-electron chi connectivity index (χ2n) is 3.32. The molecule has 0 atom stereocenters. The number of nitrogens with one attached hydrogen (secondary N) is 2. The van der Waals surface area contributed by atoms with Crippen molar-refractivity contribution in [3.8, 4) is 0 Å². The van der Waals surface area contributed by atoms with Gasteiger partial charge in [-0.1, -0.05) is 6.92 Å². The molecule has 7 heteroatoms. The molecular weight excluding hydrogens is 232 g/mol. The molecule has 2 N–H and O–H groups in total. The minimum atomic E-state index is -1.18. The predicted molar refractivity (Wildman–Crippen MR) is 60.0 cm³/mol. The van der Waals surface area contributed by atoms with Crippen LogP contribution >= 0.6 is 0 Å². The second kappa shape index (κ2) is 6.09. The van der Waals surface area contributed by atoms with Crippen LogP contribution in [0.15, 0.2) is 12.1 Å². The van der Waals surface area contributed by atoms with Gasteiger partial charge in [-0.2, -0.15) is 4.39 Å². The van der Waals surface area contributed by atoms with E-state index >= 15 is 0 Å². The van der Waals surface area contributed by atoms with Crippen LogP contribution in [0.5, 0.6) is 0 Å². The SMILES string of the molecule is CCNCCNc1cc(F)cc(F)c1[N+](=O)[O-]. The van der Waals surface area contributed by atoms with Crippen molar-refractivity contribution >= 4 is 11.4 Å². The average Bonchev–Trinajstić information content (AvgIpc) is 2.22. The van der Waals surface area contributed by atoms with Gasteiger partial charge in [-0.15, -0.1) is 0 Å². The number of nitro groups is 1. The molecule has 5 nitrogen and oxygen atoms in total. The van der Waals surface area contributed by atoms with Gasteiger partial charge in [0.25, 0.3) is 0 Å². The first-order chi connectivity index (χ1) is 8.06. The lowest BCUT2D eigenvalue weighted by molar-refractivity contribution is -0.386. The number of anilines is 1. The van der Waals surface area contributed by atoms with E-state index in [1.807, 2.05) is 6.92 Å². The topological polar surface area (TPSA) is 67.2 Å². The zero-order chi connectivity index (χ0) is 12.8. The van der Waals surface area contributed by atoms with Gasteiger partial charge in [0.1, 0.15) is 11.5 Å². The largest absolute Gasteiger partial charge is 0.378 e. The summed E-state index contributed by atoms with van der Waals surface area (Å²) < 4.78 is 26.1. The van der Waals surface area contributed by atoms with Crippen LogP contribution in [0.25, 0.3) is 0 Å². The van der Waals surface area contributed by atoms with E-state index in [2.05, 4.69) is 10.6 Å². The van der Waals surface area contributed by atoms with Crippen LogP contribution in [-0.4, -0.2) is 24.6 Å². The number of halogens is 2. The highest BCUT2D eigenvalue weighted by Crippen LogP contribution is 2.28. The van der Waals surface area contributed by atoms with Gasteiger partial charge in [-0.05, 0) is 6.54 Å². The zero-order valence-corrected chi connectivity index (χ0v) is 9.30. The molecule has 1 aromatic carbocycles. The lowest BCUT2D eigenvalue weighted by Gasteiger charge is -2.08. The third-order valence-corrected chi connectivity index (χ3v) is 2.08. The number of benzene rings is 1. The van der Waals surface area contributed by atoms with Crippen LogP contribution in [0.4, 0.5) is 20.2 Å². The molecule has 0 amide bonds. The van der Waals surface area contributed by atoms with Crippen LogP contribution in [-0.2, 0) is 0 Å². The molecule has 1 rings (SSSR count). The monoisotopic (exact) mass is 245 g/mol. The van der Waals surface area contributed by atoms with E-state index in [0.29, 0.717) is 19.2 Å². The van der Waals surface area contributed by atoms with Gasteiger partial charge in [0, 0.05) is 25.2 Å². The van der Waals surface area contributed by atoms with Crippen molar-refractivity contribution in [1.29, 1.82) is 0 Å². The molecule has 0 heterocycles. The first kappa shape index (κ1) is 13.3. The number of hydrogen-bond donors (Lipinski definition) is 2. The average molecular weight is 245 g/mol. The first-order valence-corrected chi connectivity index (χ1v) is 5.14. The summed E-state index contributed by atoms with van der Waals surface area (Å²) in [5.41, 5.74) is -0.881. The van der Waals surface area contributed by atoms with Crippen molar-refractivity contribution in [2.45, 2.75) is 6.92 Å². The Bertz CT molecular complexity index is 413. The Morgan fingerprint density at radius 1 is 1.35 bits per heavy atom. The Labute approximate surface area is 97.0 Å². The number of hydrogen-bond acceptors (Lipinski definition) is 4. The molecule has 1 aromatic rings. The molecule has 0 aromatic heterocycles. The zero-order valence-electron chi connectivity index (χ0n) is 9.30. The molecule has 0 aliphatic carbocycles. The highest BCUT2D eigenvalue weighted by molar-refractivity contribution is 5.62. The molecule has 0 saturated heterocycles. The van der Waals surface area contributed by atoms with Crippen LogP contribution in [0, 0.1) is 21.7 Å². The van der Waals surface area contributed by atoms with Crippen molar-refractivity contribution in [3.05, 3.63) is 33.9 Å². The lowest BCUT2D eigenvalue weighted by Crippen LogP contribution is -2.22. The molecule has 0 unspecified atom stereocenters. The summed E-state index contributed by atoms with van der Waals surface area (Å²) in [6.45, 7) is 3.55. The van der Waals surface area contributed by atoms with Crippen molar-refractivity contribution in [1.82, 2.24) is 5.32 Å². The summed E-state index contributed by atoms with van der Waals surface area (Å²) in [5.74, 6) is -2.03. The van der Waals surface area contributed by atoms with Crippen molar-refractivity contribution in [2.75, 3.05) is 25.0 Å². The maximum absolute atomic E-state index is 13.2. The Morgan fingerprint density at radius 3 is 2.65 bits per heavy atom. The summed E-state index contributed by atoms with van der Waals surface area (Å²) in [6.07, 6.45) is 0. The van der Waals surface area contributed by atoms with Gasteiger partial charge in [0.2, 0.25) is 5.82 Å². The van der Waals surface area contributed by atoms with Gasteiger partial charge in [-0.25, -0.2) is 4.39 Å². The molecule has 0 aliphatic rings. The molecule has 17 heavy (non-hydrogen) atoms. The van der Waals surface area contributed by atoms with Gasteiger partial charge in [-0.3, -0.25) is 10.1 Å². The summed E-state index contributed by atoms with van der Waals surface area (Å²) in [5, 5.41) is 16.2. The van der Waals surface area contributed by atoms with Gasteiger partial charge >= 0.3 is 5.69 Å². The van der Waals surface area contributed by atoms with Gasteiger partial charge in [0.15, 0.2) is 0 Å². The molecule has 0 spiro atoms. The van der Waals surface area contributed by atoms with E-state index in [-0.39, 0.29) is 5.69 Å². The summed E-state index contributed by atoms with van der Waals surface area (Å²) in [6, 6.07) is 1.40. The number of nitrogens with zero attached hydrogens (tertiary/aromatic N) is 1. The van der Waals surface area contributed by atoms with Crippen LogP contribution < -0.4 is 10.6 Å². The highest BCUT2D eigenvalue weighted by atomic mass is 19.1. The Kier molecular flexibility index (Phi) is 4.77. The summed E-state index contributed by atoms with van der Waals surface area (Å²) in [4.78, 5) is 9.76. The second-order valence-corrected chi connectivity index (χ2v) is 3.32. The van der Waals surface area contributed by atoms with Crippen LogP contribution in [0.3, 0.4) is 0 Å². The minimum absolute atomic E-state index is 0.148.